The lowest BCUT2D eigenvalue weighted by molar-refractivity contribution is -0.769. The molecule has 3 fully saturated rings. The molecule has 3 rings (SSSR count). The highest BCUT2D eigenvalue weighted by Gasteiger charge is 2.59. The number of fused-ring (bicyclic) bond motifs is 1. The van der Waals surface area contributed by atoms with Gasteiger partial charge in [0.15, 0.2) is 0 Å². The summed E-state index contributed by atoms with van der Waals surface area (Å²) in [6.45, 7) is 0.322. The van der Waals surface area contributed by atoms with Crippen LogP contribution in [0, 0.1) is 16.0 Å². The summed E-state index contributed by atoms with van der Waals surface area (Å²) in [5.41, 5.74) is -1.11. The summed E-state index contributed by atoms with van der Waals surface area (Å²) in [6.07, 6.45) is 0.272. The molecule has 3 aliphatic rings. The molecule has 2 heterocycles. The van der Waals surface area contributed by atoms with E-state index in [1.54, 1.807) is 0 Å². The average Bonchev–Trinajstić information content (AvgIpc) is 2.93. The first-order chi connectivity index (χ1) is 9.50. The van der Waals surface area contributed by atoms with Gasteiger partial charge in [-0.25, -0.2) is 0 Å². The Labute approximate surface area is 115 Å². The summed E-state index contributed by atoms with van der Waals surface area (Å²) in [6, 6.07) is 0. The van der Waals surface area contributed by atoms with Crippen molar-refractivity contribution in [1.82, 2.24) is 0 Å². The number of rotatable bonds is 3. The monoisotopic (exact) mass is 289 g/mol. The smallest absolute Gasteiger partial charge is 0.294 e. The minimum Gasteiger partial charge on any atom is -0.388 e. The fraction of sp³-hybridized carbons (Fsp3) is 1.00. The molecule has 0 spiro atoms. The van der Waals surface area contributed by atoms with E-state index in [1.807, 2.05) is 0 Å². The van der Waals surface area contributed by atoms with Gasteiger partial charge in [0, 0.05) is 0 Å². The van der Waals surface area contributed by atoms with E-state index in [0.29, 0.717) is 25.7 Å². The van der Waals surface area contributed by atoms with Crippen LogP contribution in [0.15, 0.2) is 0 Å². The van der Waals surface area contributed by atoms with E-state index in [9.17, 15) is 20.3 Å². The molecule has 8 nitrogen and oxygen atoms in total. The van der Waals surface area contributed by atoms with E-state index in [0.717, 1.165) is 0 Å². The first-order valence-corrected chi connectivity index (χ1v) is 6.95. The van der Waals surface area contributed by atoms with E-state index in [2.05, 4.69) is 4.84 Å². The molecule has 2 N–H and O–H groups in total. The molecule has 8 heteroatoms. The third kappa shape index (κ3) is 2.26. The fourth-order valence-corrected chi connectivity index (χ4v) is 3.67. The predicted octanol–water partition coefficient (Wildman–Crippen LogP) is -0.357. The van der Waals surface area contributed by atoms with Gasteiger partial charge in [-0.15, -0.1) is 10.1 Å². The molecule has 1 saturated carbocycles. The molecule has 2 aliphatic heterocycles. The van der Waals surface area contributed by atoms with Gasteiger partial charge in [0.2, 0.25) is 0 Å². The molecule has 2 saturated heterocycles. The van der Waals surface area contributed by atoms with Crippen LogP contribution in [-0.2, 0) is 14.3 Å². The van der Waals surface area contributed by atoms with Gasteiger partial charge in [0.05, 0.1) is 13.2 Å². The van der Waals surface area contributed by atoms with Crippen molar-refractivity contribution in [3.05, 3.63) is 10.1 Å². The standard InChI is InChI=1S/C12H19NO7/c14-9-5-18-11-10(9)19-6-12(11,15)7-1-3-8(4-2-7)20-13(16)17/h7-11,14-15H,1-6H2/t7?,8?,9-,10-,11+,12+/m1/s1. The lowest BCUT2D eigenvalue weighted by atomic mass is 9.74. The first-order valence-electron chi connectivity index (χ1n) is 6.95. The Morgan fingerprint density at radius 2 is 1.95 bits per heavy atom. The van der Waals surface area contributed by atoms with E-state index in [-0.39, 0.29) is 19.1 Å². The minimum absolute atomic E-state index is 0.0468. The van der Waals surface area contributed by atoms with Gasteiger partial charge in [-0.1, -0.05) is 0 Å². The molecular formula is C12H19NO7. The zero-order valence-corrected chi connectivity index (χ0v) is 11.0. The van der Waals surface area contributed by atoms with Crippen LogP contribution < -0.4 is 0 Å². The lowest BCUT2D eigenvalue weighted by Gasteiger charge is -2.39. The Balaban J connectivity index is 1.62. The summed E-state index contributed by atoms with van der Waals surface area (Å²) in [7, 11) is 0. The lowest BCUT2D eigenvalue weighted by Crippen LogP contribution is -2.51. The number of aliphatic hydroxyl groups is 2. The van der Waals surface area contributed by atoms with Crippen LogP contribution in [0.3, 0.4) is 0 Å². The van der Waals surface area contributed by atoms with Crippen LogP contribution in [0.4, 0.5) is 0 Å². The molecule has 114 valence electrons. The highest BCUT2D eigenvalue weighted by atomic mass is 17.0. The number of nitrogens with zero attached hydrogens (tertiary/aromatic N) is 1. The van der Waals surface area contributed by atoms with Gasteiger partial charge in [0.1, 0.15) is 30.0 Å². The zero-order valence-electron chi connectivity index (χ0n) is 11.0. The maximum absolute atomic E-state index is 10.8. The van der Waals surface area contributed by atoms with Gasteiger partial charge >= 0.3 is 0 Å². The largest absolute Gasteiger partial charge is 0.388 e. The predicted molar refractivity (Wildman–Crippen MR) is 64.3 cm³/mol. The van der Waals surface area contributed by atoms with Gasteiger partial charge in [0.25, 0.3) is 5.09 Å². The Kier molecular flexibility index (Phi) is 3.57. The molecule has 1 aliphatic carbocycles. The molecule has 0 aromatic rings. The fourth-order valence-electron chi connectivity index (χ4n) is 3.67. The quantitative estimate of drug-likeness (QED) is 0.539. The van der Waals surface area contributed by atoms with Crippen molar-refractivity contribution >= 4 is 0 Å². The third-order valence-electron chi connectivity index (χ3n) is 4.74. The molecule has 0 aromatic carbocycles. The van der Waals surface area contributed by atoms with Crippen LogP contribution >= 0.6 is 0 Å². The topological polar surface area (TPSA) is 111 Å². The van der Waals surface area contributed by atoms with Crippen molar-refractivity contribution in [2.24, 2.45) is 5.92 Å². The maximum Gasteiger partial charge on any atom is 0.294 e. The van der Waals surface area contributed by atoms with Crippen LogP contribution in [0.25, 0.3) is 0 Å². The highest BCUT2D eigenvalue weighted by Crippen LogP contribution is 2.44. The minimum atomic E-state index is -1.11. The highest BCUT2D eigenvalue weighted by molar-refractivity contribution is 5.07. The molecule has 20 heavy (non-hydrogen) atoms. The maximum atomic E-state index is 10.8. The van der Waals surface area contributed by atoms with Crippen LogP contribution in [0.1, 0.15) is 25.7 Å². The number of hydrogen-bond donors (Lipinski definition) is 2. The van der Waals surface area contributed by atoms with E-state index < -0.39 is 35.1 Å². The second kappa shape index (κ2) is 5.10. The second-order valence-corrected chi connectivity index (χ2v) is 5.89. The Hall–Kier alpha value is -0.960. The summed E-state index contributed by atoms with van der Waals surface area (Å²) in [5, 5.41) is 30.1. The second-order valence-electron chi connectivity index (χ2n) is 5.89. The van der Waals surface area contributed by atoms with Gasteiger partial charge in [-0.2, -0.15) is 0 Å². The summed E-state index contributed by atoms with van der Waals surface area (Å²) in [5.74, 6) is -0.0468. The van der Waals surface area contributed by atoms with E-state index >= 15 is 0 Å². The molecule has 0 aromatic heterocycles. The summed E-state index contributed by atoms with van der Waals surface area (Å²) >= 11 is 0. The van der Waals surface area contributed by atoms with Gasteiger partial charge in [-0.3, -0.25) is 0 Å². The van der Waals surface area contributed by atoms with Crippen LogP contribution in [-0.4, -0.2) is 58.5 Å². The normalized spacial score (nSPS) is 48.0. The van der Waals surface area contributed by atoms with Crippen molar-refractivity contribution in [2.45, 2.75) is 55.7 Å². The van der Waals surface area contributed by atoms with Crippen molar-refractivity contribution in [1.29, 1.82) is 0 Å². The zero-order chi connectivity index (χ0) is 14.3. The number of hydrogen-bond acceptors (Lipinski definition) is 7. The Bertz CT molecular complexity index is 384. The summed E-state index contributed by atoms with van der Waals surface area (Å²) < 4.78 is 11.0. The number of aliphatic hydroxyl groups excluding tert-OH is 1. The van der Waals surface area contributed by atoms with Crippen LogP contribution in [0.2, 0.25) is 0 Å². The SMILES string of the molecule is O=[N+]([O-])OC1CCC([C@@]2(O)CO[C@@H]3[C@H](O)CO[C@@H]32)CC1. The molecule has 0 amide bonds. The van der Waals surface area contributed by atoms with E-state index in [4.69, 9.17) is 9.47 Å². The van der Waals surface area contributed by atoms with Crippen molar-refractivity contribution in [3.63, 3.8) is 0 Å². The Morgan fingerprint density at radius 1 is 1.25 bits per heavy atom. The van der Waals surface area contributed by atoms with Crippen molar-refractivity contribution in [2.75, 3.05) is 13.2 Å². The third-order valence-corrected chi connectivity index (χ3v) is 4.74. The molecule has 0 unspecified atom stereocenters. The average molecular weight is 289 g/mol. The van der Waals surface area contributed by atoms with Crippen molar-refractivity contribution < 1.29 is 29.6 Å². The number of ether oxygens (including phenoxy) is 2. The van der Waals surface area contributed by atoms with Crippen molar-refractivity contribution in [3.8, 4) is 0 Å². The molecule has 0 radical (unpaired) electrons. The first kappa shape index (κ1) is 14.0. The van der Waals surface area contributed by atoms with Gasteiger partial charge in [-0.05, 0) is 31.6 Å². The Morgan fingerprint density at radius 3 is 2.60 bits per heavy atom. The molecular weight excluding hydrogens is 270 g/mol. The molecule has 4 atom stereocenters. The van der Waals surface area contributed by atoms with Gasteiger partial charge < -0.3 is 24.5 Å². The van der Waals surface area contributed by atoms with E-state index in [1.165, 1.54) is 0 Å². The summed E-state index contributed by atoms with van der Waals surface area (Å²) in [4.78, 5) is 14.9. The molecule has 0 bridgehead atoms. The van der Waals surface area contributed by atoms with Crippen LogP contribution in [0.5, 0.6) is 0 Å².